The second-order valence-corrected chi connectivity index (χ2v) is 5.33. The number of halogens is 1. The monoisotopic (exact) mass is 332 g/mol. The van der Waals surface area contributed by atoms with Crippen LogP contribution in [0.2, 0.25) is 0 Å². The van der Waals surface area contributed by atoms with E-state index in [0.29, 0.717) is 22.2 Å². The van der Waals surface area contributed by atoms with Crippen LogP contribution in [0.3, 0.4) is 0 Å². The topological polar surface area (TPSA) is 85.8 Å². The minimum absolute atomic E-state index is 0.251. The largest absolute Gasteiger partial charge is 0.370 e. The fourth-order valence-corrected chi connectivity index (χ4v) is 2.66. The molecular weight excluding hydrogens is 319 g/mol. The summed E-state index contributed by atoms with van der Waals surface area (Å²) in [6, 6.07) is 14.5. The van der Waals surface area contributed by atoms with E-state index in [1.165, 1.54) is 6.07 Å². The third-order valence-electron chi connectivity index (χ3n) is 3.74. The van der Waals surface area contributed by atoms with Crippen LogP contribution in [0.5, 0.6) is 0 Å². The Morgan fingerprint density at radius 3 is 2.48 bits per heavy atom. The number of aliphatic imine (C=N–C) groups is 1. The van der Waals surface area contributed by atoms with Crippen LogP contribution in [0.4, 0.5) is 10.1 Å². The Balaban J connectivity index is 2.34. The van der Waals surface area contributed by atoms with Gasteiger partial charge < -0.3 is 11.5 Å². The Morgan fingerprint density at radius 1 is 1.08 bits per heavy atom. The first-order valence-electron chi connectivity index (χ1n) is 7.34. The fourth-order valence-electron chi connectivity index (χ4n) is 2.66. The SMILES string of the molecule is [C-]#[N+]c1ccc2ccc(C(=O)N=C(N)N)cc2c1-c1ccccc1F. The number of rotatable bonds is 2. The Hall–Kier alpha value is -3.72. The number of nitrogens with two attached hydrogens (primary N) is 2. The molecule has 4 N–H and O–H groups in total. The molecule has 0 aliphatic rings. The molecule has 0 spiro atoms. The molecule has 0 atom stereocenters. The van der Waals surface area contributed by atoms with E-state index < -0.39 is 11.7 Å². The van der Waals surface area contributed by atoms with Crippen molar-refractivity contribution in [3.63, 3.8) is 0 Å². The molecule has 0 aliphatic heterocycles. The van der Waals surface area contributed by atoms with Crippen LogP contribution >= 0.6 is 0 Å². The van der Waals surface area contributed by atoms with Gasteiger partial charge >= 0.3 is 0 Å². The van der Waals surface area contributed by atoms with Gasteiger partial charge in [0, 0.05) is 11.1 Å². The Morgan fingerprint density at radius 2 is 1.80 bits per heavy atom. The second kappa shape index (κ2) is 6.42. The molecule has 0 heterocycles. The predicted molar refractivity (Wildman–Crippen MR) is 95.7 cm³/mol. The summed E-state index contributed by atoms with van der Waals surface area (Å²) in [5.41, 5.74) is 11.8. The molecule has 3 aromatic rings. The summed E-state index contributed by atoms with van der Waals surface area (Å²) in [5, 5.41) is 1.35. The second-order valence-electron chi connectivity index (χ2n) is 5.33. The van der Waals surface area contributed by atoms with Gasteiger partial charge in [-0.1, -0.05) is 36.4 Å². The maximum atomic E-state index is 14.3. The molecule has 0 unspecified atom stereocenters. The van der Waals surface area contributed by atoms with Gasteiger partial charge in [0.15, 0.2) is 11.6 Å². The molecule has 0 radical (unpaired) electrons. The highest BCUT2D eigenvalue weighted by Gasteiger charge is 2.15. The van der Waals surface area contributed by atoms with Crippen LogP contribution in [-0.4, -0.2) is 11.9 Å². The number of nitrogens with zero attached hydrogens (tertiary/aromatic N) is 2. The molecule has 25 heavy (non-hydrogen) atoms. The van der Waals surface area contributed by atoms with Crippen molar-refractivity contribution in [3.05, 3.63) is 77.4 Å². The molecule has 0 aliphatic carbocycles. The van der Waals surface area contributed by atoms with Gasteiger partial charge in [0.1, 0.15) is 5.82 Å². The molecular formula is C19H13FN4O. The minimum Gasteiger partial charge on any atom is -0.370 e. The van der Waals surface area contributed by atoms with E-state index in [1.807, 2.05) is 0 Å². The Kier molecular flexibility index (Phi) is 4.14. The molecule has 0 aromatic heterocycles. The summed E-state index contributed by atoms with van der Waals surface area (Å²) in [7, 11) is 0. The van der Waals surface area contributed by atoms with Gasteiger partial charge in [-0.2, -0.15) is 4.99 Å². The van der Waals surface area contributed by atoms with Crippen molar-refractivity contribution in [1.82, 2.24) is 0 Å². The van der Waals surface area contributed by atoms with E-state index in [2.05, 4.69) is 9.84 Å². The van der Waals surface area contributed by atoms with Crippen molar-refractivity contribution in [2.75, 3.05) is 0 Å². The van der Waals surface area contributed by atoms with E-state index in [0.717, 1.165) is 5.39 Å². The summed E-state index contributed by atoms with van der Waals surface area (Å²) >= 11 is 0. The molecule has 5 nitrogen and oxygen atoms in total. The summed E-state index contributed by atoms with van der Waals surface area (Å²) < 4.78 is 14.3. The third kappa shape index (κ3) is 3.03. The van der Waals surface area contributed by atoms with E-state index in [1.54, 1.807) is 48.5 Å². The van der Waals surface area contributed by atoms with Crippen molar-refractivity contribution >= 4 is 28.3 Å². The summed E-state index contributed by atoms with van der Waals surface area (Å²) in [6.45, 7) is 7.39. The molecule has 0 saturated carbocycles. The quantitative estimate of drug-likeness (QED) is 0.427. The predicted octanol–water partition coefficient (Wildman–Crippen LogP) is 3.61. The molecule has 1 amide bonds. The molecule has 3 rings (SSSR count). The maximum absolute atomic E-state index is 14.3. The average Bonchev–Trinajstić information content (AvgIpc) is 2.60. The number of carbonyl (C=O) groups is 1. The van der Waals surface area contributed by atoms with Crippen molar-refractivity contribution in [2.24, 2.45) is 16.5 Å². The van der Waals surface area contributed by atoms with Crippen molar-refractivity contribution < 1.29 is 9.18 Å². The zero-order valence-corrected chi connectivity index (χ0v) is 13.0. The summed E-state index contributed by atoms with van der Waals surface area (Å²) in [5.74, 6) is -1.38. The zero-order valence-electron chi connectivity index (χ0n) is 13.0. The van der Waals surface area contributed by atoms with Gasteiger partial charge in [-0.05, 0) is 34.5 Å². The van der Waals surface area contributed by atoms with Gasteiger partial charge in [-0.25, -0.2) is 9.24 Å². The lowest BCUT2D eigenvalue weighted by atomic mass is 9.94. The highest BCUT2D eigenvalue weighted by molar-refractivity contribution is 6.08. The Labute approximate surface area is 143 Å². The molecule has 122 valence electrons. The minimum atomic E-state index is -0.602. The van der Waals surface area contributed by atoms with Crippen molar-refractivity contribution in [2.45, 2.75) is 0 Å². The van der Waals surface area contributed by atoms with Crippen LogP contribution in [-0.2, 0) is 0 Å². The number of hydrogen-bond acceptors (Lipinski definition) is 1. The first-order valence-corrected chi connectivity index (χ1v) is 7.34. The maximum Gasteiger partial charge on any atom is 0.280 e. The van der Waals surface area contributed by atoms with E-state index in [9.17, 15) is 9.18 Å². The first kappa shape index (κ1) is 16.1. The van der Waals surface area contributed by atoms with E-state index in [-0.39, 0.29) is 11.5 Å². The third-order valence-corrected chi connectivity index (χ3v) is 3.74. The zero-order chi connectivity index (χ0) is 18.0. The molecule has 0 saturated heterocycles. The van der Waals surface area contributed by atoms with Crippen LogP contribution in [0.1, 0.15) is 10.4 Å². The summed E-state index contributed by atoms with van der Waals surface area (Å²) in [6.07, 6.45) is 0. The molecule has 0 bridgehead atoms. The van der Waals surface area contributed by atoms with Gasteiger partial charge in [0.05, 0.1) is 6.57 Å². The van der Waals surface area contributed by atoms with Gasteiger partial charge in [0.2, 0.25) is 0 Å². The number of guanidine groups is 1. The lowest BCUT2D eigenvalue weighted by Crippen LogP contribution is -2.24. The molecule has 3 aromatic carbocycles. The average molecular weight is 332 g/mol. The standard InChI is InChI=1S/C19H13FN4O/c1-23-16-9-8-11-6-7-12(18(25)24-19(21)22)10-14(11)17(16)13-4-2-3-5-15(13)20/h2-10H,(H4,21,22,24,25). The normalized spacial score (nSPS) is 10.2. The van der Waals surface area contributed by atoms with Crippen LogP contribution in [0.15, 0.2) is 59.6 Å². The summed E-state index contributed by atoms with van der Waals surface area (Å²) in [4.78, 5) is 19.1. The van der Waals surface area contributed by atoms with E-state index >= 15 is 0 Å². The van der Waals surface area contributed by atoms with Gasteiger partial charge in [-0.15, -0.1) is 0 Å². The van der Waals surface area contributed by atoms with Gasteiger partial charge in [0.25, 0.3) is 5.91 Å². The van der Waals surface area contributed by atoms with Crippen LogP contribution in [0, 0.1) is 12.4 Å². The number of amides is 1. The van der Waals surface area contributed by atoms with E-state index in [4.69, 9.17) is 18.0 Å². The highest BCUT2D eigenvalue weighted by atomic mass is 19.1. The number of fused-ring (bicyclic) bond motifs is 1. The fraction of sp³-hybridized carbons (Fsp3) is 0. The van der Waals surface area contributed by atoms with Crippen LogP contribution in [0.25, 0.3) is 26.7 Å². The van der Waals surface area contributed by atoms with Gasteiger partial charge in [-0.3, -0.25) is 4.79 Å². The van der Waals surface area contributed by atoms with Crippen molar-refractivity contribution in [3.8, 4) is 11.1 Å². The number of hydrogen-bond donors (Lipinski definition) is 2. The lowest BCUT2D eigenvalue weighted by molar-refractivity contribution is 0.100. The van der Waals surface area contributed by atoms with Crippen molar-refractivity contribution in [1.29, 1.82) is 0 Å². The molecule has 0 fully saturated rings. The highest BCUT2D eigenvalue weighted by Crippen LogP contribution is 2.38. The molecule has 6 heteroatoms. The Bertz CT molecular complexity index is 1060. The first-order chi connectivity index (χ1) is 12.0. The number of carbonyl (C=O) groups excluding carboxylic acids is 1. The smallest absolute Gasteiger partial charge is 0.280 e. The number of benzene rings is 3. The lowest BCUT2D eigenvalue weighted by Gasteiger charge is -2.11. The van der Waals surface area contributed by atoms with Crippen LogP contribution < -0.4 is 11.5 Å².